The molecule has 1 fully saturated rings. The van der Waals surface area contributed by atoms with E-state index in [1.165, 1.54) is 6.42 Å². The van der Waals surface area contributed by atoms with E-state index >= 15 is 0 Å². The van der Waals surface area contributed by atoms with Crippen molar-refractivity contribution in [3.05, 3.63) is 35.1 Å². The molecule has 1 saturated carbocycles. The molecular formula is C13H16F3NS. The van der Waals surface area contributed by atoms with Crippen molar-refractivity contribution in [3.8, 4) is 0 Å². The van der Waals surface area contributed by atoms with Gasteiger partial charge in [0.05, 0.1) is 0 Å². The van der Waals surface area contributed by atoms with E-state index in [1.807, 2.05) is 11.8 Å². The maximum Gasteiger partial charge on any atom is 0.194 e. The first-order valence-electron chi connectivity index (χ1n) is 5.99. The van der Waals surface area contributed by atoms with Crippen molar-refractivity contribution in [3.63, 3.8) is 0 Å². The topological polar surface area (TPSA) is 12.0 Å². The predicted molar refractivity (Wildman–Crippen MR) is 68.1 cm³/mol. The lowest BCUT2D eigenvalue weighted by molar-refractivity contribution is 0.442. The van der Waals surface area contributed by atoms with Gasteiger partial charge >= 0.3 is 0 Å². The van der Waals surface area contributed by atoms with Gasteiger partial charge in [0, 0.05) is 17.8 Å². The van der Waals surface area contributed by atoms with Gasteiger partial charge in [-0.05, 0) is 43.2 Å². The summed E-state index contributed by atoms with van der Waals surface area (Å²) in [6, 6.07) is 2.48. The van der Waals surface area contributed by atoms with Crippen LogP contribution in [0.4, 0.5) is 13.2 Å². The number of thioether (sulfide) groups is 1. The summed E-state index contributed by atoms with van der Waals surface area (Å²) in [6.45, 7) is 0.375. The summed E-state index contributed by atoms with van der Waals surface area (Å²) in [5, 5.41) is 3.94. The van der Waals surface area contributed by atoms with Crippen molar-refractivity contribution in [2.45, 2.75) is 37.1 Å². The average molecular weight is 275 g/mol. The highest BCUT2D eigenvalue weighted by atomic mass is 32.2. The molecule has 0 saturated heterocycles. The molecule has 0 amide bonds. The number of halogens is 3. The van der Waals surface area contributed by atoms with Crippen LogP contribution in [-0.4, -0.2) is 17.5 Å². The van der Waals surface area contributed by atoms with Gasteiger partial charge in [-0.2, -0.15) is 11.8 Å². The molecule has 1 aromatic carbocycles. The summed E-state index contributed by atoms with van der Waals surface area (Å²) in [4.78, 5) is 0. The molecule has 1 nitrogen and oxygen atoms in total. The standard InChI is InChI=1S/C13H16F3NS/c1-18-10-3-2-9(6-10)17-7-8-4-11(14)13(16)12(15)5-8/h4-5,9-10,17H,2-3,6-7H2,1H3. The second-order valence-electron chi connectivity index (χ2n) is 4.62. The molecule has 2 atom stereocenters. The zero-order chi connectivity index (χ0) is 13.1. The quantitative estimate of drug-likeness (QED) is 0.844. The van der Waals surface area contributed by atoms with E-state index in [9.17, 15) is 13.2 Å². The van der Waals surface area contributed by atoms with E-state index in [4.69, 9.17) is 0 Å². The van der Waals surface area contributed by atoms with Crippen LogP contribution in [0.2, 0.25) is 0 Å². The molecule has 100 valence electrons. The normalized spacial score (nSPS) is 23.6. The van der Waals surface area contributed by atoms with E-state index in [1.54, 1.807) is 0 Å². The Hall–Kier alpha value is -0.680. The van der Waals surface area contributed by atoms with Gasteiger partial charge in [0.25, 0.3) is 0 Å². The first-order chi connectivity index (χ1) is 8.60. The SMILES string of the molecule is CSC1CCC(NCc2cc(F)c(F)c(F)c2)C1. The maximum absolute atomic E-state index is 13.0. The second-order valence-corrected chi connectivity index (χ2v) is 5.76. The summed E-state index contributed by atoms with van der Waals surface area (Å²) in [5.41, 5.74) is 0.444. The smallest absolute Gasteiger partial charge is 0.194 e. The van der Waals surface area contributed by atoms with Gasteiger partial charge in [-0.3, -0.25) is 0 Å². The fourth-order valence-electron chi connectivity index (χ4n) is 2.31. The van der Waals surface area contributed by atoms with Crippen LogP contribution in [-0.2, 0) is 6.54 Å². The Morgan fingerprint density at radius 2 is 1.89 bits per heavy atom. The van der Waals surface area contributed by atoms with E-state index in [2.05, 4.69) is 11.6 Å². The first-order valence-corrected chi connectivity index (χ1v) is 7.28. The summed E-state index contributed by atoms with van der Waals surface area (Å²) >= 11 is 1.86. The third-order valence-electron chi connectivity index (χ3n) is 3.36. The van der Waals surface area contributed by atoms with Gasteiger partial charge in [0.2, 0.25) is 0 Å². The molecule has 1 aliphatic carbocycles. The molecule has 1 N–H and O–H groups in total. The molecule has 0 spiro atoms. The maximum atomic E-state index is 13.0. The molecule has 0 heterocycles. The van der Waals surface area contributed by atoms with Crippen molar-refractivity contribution in [2.75, 3.05) is 6.26 Å². The lowest BCUT2D eigenvalue weighted by atomic mass is 10.2. The number of hydrogen-bond donors (Lipinski definition) is 1. The van der Waals surface area contributed by atoms with Crippen LogP contribution in [0.5, 0.6) is 0 Å². The number of hydrogen-bond acceptors (Lipinski definition) is 2. The Balaban J connectivity index is 1.91. The van der Waals surface area contributed by atoms with Gasteiger partial charge < -0.3 is 5.32 Å². The molecule has 0 radical (unpaired) electrons. The third-order valence-corrected chi connectivity index (χ3v) is 4.45. The van der Waals surface area contributed by atoms with E-state index in [-0.39, 0.29) is 0 Å². The van der Waals surface area contributed by atoms with E-state index < -0.39 is 17.5 Å². The fraction of sp³-hybridized carbons (Fsp3) is 0.538. The van der Waals surface area contributed by atoms with Crippen LogP contribution >= 0.6 is 11.8 Å². The van der Waals surface area contributed by atoms with E-state index in [0.29, 0.717) is 23.4 Å². The van der Waals surface area contributed by atoms with Crippen molar-refractivity contribution in [1.82, 2.24) is 5.32 Å². The molecular weight excluding hydrogens is 259 g/mol. The molecule has 0 bridgehead atoms. The summed E-state index contributed by atoms with van der Waals surface area (Å²) < 4.78 is 38.8. The zero-order valence-corrected chi connectivity index (χ0v) is 11.0. The number of nitrogens with one attached hydrogen (secondary N) is 1. The molecule has 2 unspecified atom stereocenters. The fourth-order valence-corrected chi connectivity index (χ4v) is 3.11. The predicted octanol–water partition coefficient (Wildman–Crippen LogP) is 3.48. The number of rotatable bonds is 4. The van der Waals surface area contributed by atoms with Gasteiger partial charge in [-0.25, -0.2) is 13.2 Å². The minimum atomic E-state index is -1.40. The summed E-state index contributed by atoms with van der Waals surface area (Å²) in [5.74, 6) is -3.65. The Morgan fingerprint density at radius 3 is 2.44 bits per heavy atom. The Labute approximate surface area is 109 Å². The minimum Gasteiger partial charge on any atom is -0.310 e. The highest BCUT2D eigenvalue weighted by molar-refractivity contribution is 7.99. The van der Waals surface area contributed by atoms with Crippen molar-refractivity contribution >= 4 is 11.8 Å². The van der Waals surface area contributed by atoms with Crippen LogP contribution in [0.15, 0.2) is 12.1 Å². The summed E-state index contributed by atoms with van der Waals surface area (Å²) in [6.07, 6.45) is 5.42. The van der Waals surface area contributed by atoms with Gasteiger partial charge in [-0.15, -0.1) is 0 Å². The largest absolute Gasteiger partial charge is 0.310 e. The molecule has 0 aromatic heterocycles. The average Bonchev–Trinajstić information content (AvgIpc) is 2.81. The lowest BCUT2D eigenvalue weighted by Gasteiger charge is -2.13. The van der Waals surface area contributed by atoms with Crippen LogP contribution in [0.1, 0.15) is 24.8 Å². The Morgan fingerprint density at radius 1 is 1.22 bits per heavy atom. The molecule has 1 aliphatic rings. The molecule has 5 heteroatoms. The molecule has 18 heavy (non-hydrogen) atoms. The van der Waals surface area contributed by atoms with Crippen LogP contribution in [0, 0.1) is 17.5 Å². The highest BCUT2D eigenvalue weighted by Crippen LogP contribution is 2.28. The first kappa shape index (κ1) is 13.7. The zero-order valence-electron chi connectivity index (χ0n) is 10.2. The van der Waals surface area contributed by atoms with Crippen LogP contribution in [0.25, 0.3) is 0 Å². The van der Waals surface area contributed by atoms with Gasteiger partial charge in [0.1, 0.15) is 0 Å². The lowest BCUT2D eigenvalue weighted by Crippen LogP contribution is -2.26. The van der Waals surface area contributed by atoms with Crippen LogP contribution in [0.3, 0.4) is 0 Å². The third kappa shape index (κ3) is 3.20. The van der Waals surface area contributed by atoms with Crippen LogP contribution < -0.4 is 5.32 Å². The van der Waals surface area contributed by atoms with Gasteiger partial charge in [-0.1, -0.05) is 0 Å². The molecule has 0 aliphatic heterocycles. The summed E-state index contributed by atoms with van der Waals surface area (Å²) in [7, 11) is 0. The number of benzene rings is 1. The van der Waals surface area contributed by atoms with Gasteiger partial charge in [0.15, 0.2) is 17.5 Å². The monoisotopic (exact) mass is 275 g/mol. The minimum absolute atomic E-state index is 0.375. The van der Waals surface area contributed by atoms with Crippen molar-refractivity contribution in [1.29, 1.82) is 0 Å². The van der Waals surface area contributed by atoms with Crippen molar-refractivity contribution in [2.24, 2.45) is 0 Å². The second kappa shape index (κ2) is 5.97. The molecule has 1 aromatic rings. The van der Waals surface area contributed by atoms with Crippen molar-refractivity contribution < 1.29 is 13.2 Å². The highest BCUT2D eigenvalue weighted by Gasteiger charge is 2.23. The molecule has 2 rings (SSSR count). The Bertz CT molecular complexity index is 402. The van der Waals surface area contributed by atoms with E-state index in [0.717, 1.165) is 25.0 Å². The Kier molecular flexibility index (Phi) is 4.56.